The number of carbonyl (C=O) groups is 2. The van der Waals surface area contributed by atoms with Crippen LogP contribution in [0.25, 0.3) is 0 Å². The fourth-order valence-electron chi connectivity index (χ4n) is 0.468. The van der Waals surface area contributed by atoms with Crippen molar-refractivity contribution in [2.24, 2.45) is 0 Å². The van der Waals surface area contributed by atoms with Crippen LogP contribution >= 0.6 is 11.8 Å². The van der Waals surface area contributed by atoms with Crippen molar-refractivity contribution in [2.45, 2.75) is 0 Å². The molecule has 0 spiro atoms. The quantitative estimate of drug-likeness (QED) is 0.405. The number of imide groups is 1. The Morgan fingerprint density at radius 1 is 1.78 bits per heavy atom. The maximum absolute atomic E-state index is 10.8. The molecule has 1 rings (SSSR count). The average molecular weight is 144 g/mol. The second kappa shape index (κ2) is 1.97. The molecule has 9 heavy (non-hydrogen) atoms. The summed E-state index contributed by atoms with van der Waals surface area (Å²) < 4.78 is -0.231. The van der Waals surface area contributed by atoms with Gasteiger partial charge in [0.2, 0.25) is 0 Å². The lowest BCUT2D eigenvalue weighted by atomic mass is 10.7. The minimum atomic E-state index is -0.231. The van der Waals surface area contributed by atoms with Gasteiger partial charge in [-0.2, -0.15) is 4.48 Å². The van der Waals surface area contributed by atoms with Crippen LogP contribution in [0.5, 0.6) is 0 Å². The fraction of sp³-hybridized carbons (Fsp3) is 0.200. The Labute approximate surface area is 56.9 Å². The molecule has 3 nitrogen and oxygen atoms in total. The van der Waals surface area contributed by atoms with Gasteiger partial charge in [0.25, 0.3) is 0 Å². The second-order valence-corrected chi connectivity index (χ2v) is 2.78. The Kier molecular flexibility index (Phi) is 1.42. The molecule has 0 radical (unpaired) electrons. The molecular weight excluding hydrogens is 138 g/mol. The lowest BCUT2D eigenvalue weighted by Gasteiger charge is -2.11. The molecule has 1 aliphatic rings. The number of amides is 2. The number of carbonyl (C=O) groups excluding carboxylic acids is 2. The number of hydrogen-bond acceptors (Lipinski definition) is 3. The highest BCUT2D eigenvalue weighted by Gasteiger charge is 2.33. The van der Waals surface area contributed by atoms with Crippen LogP contribution in [0.4, 0.5) is 4.79 Å². The van der Waals surface area contributed by atoms with Crippen LogP contribution < -0.4 is 0 Å². The monoisotopic (exact) mass is 144 g/mol. The molecule has 48 valence electrons. The molecule has 1 unspecified atom stereocenters. The van der Waals surface area contributed by atoms with E-state index < -0.39 is 0 Å². The van der Waals surface area contributed by atoms with E-state index in [0.29, 0.717) is 6.41 Å². The van der Waals surface area contributed by atoms with E-state index >= 15 is 0 Å². The number of nitrogens with zero attached hydrogens (tertiary/aromatic N) is 1. The molecule has 1 atom stereocenters. The van der Waals surface area contributed by atoms with Gasteiger partial charge in [-0.15, -0.1) is 0 Å². The van der Waals surface area contributed by atoms with Gasteiger partial charge in [-0.1, -0.05) is 0 Å². The van der Waals surface area contributed by atoms with Gasteiger partial charge in [0.1, 0.15) is 6.20 Å². The first-order valence-corrected chi connectivity index (χ1v) is 3.28. The topological polar surface area (TPSA) is 34.1 Å². The molecule has 0 aromatic heterocycles. The lowest BCUT2D eigenvalue weighted by Crippen LogP contribution is -2.37. The molecule has 0 saturated carbocycles. The standard InChI is InChI=1S/C5H6NO2S/c1-6(4-7)2-3-9-5(6)8/h2-4H,1H3/q+1. The second-order valence-electron chi connectivity index (χ2n) is 1.92. The maximum Gasteiger partial charge on any atom is 0.391 e. The number of quaternary nitrogens is 1. The van der Waals surface area contributed by atoms with Gasteiger partial charge >= 0.3 is 11.6 Å². The van der Waals surface area contributed by atoms with Crippen molar-refractivity contribution < 1.29 is 14.1 Å². The van der Waals surface area contributed by atoms with E-state index in [1.165, 1.54) is 0 Å². The Morgan fingerprint density at radius 3 is 2.67 bits per heavy atom. The van der Waals surface area contributed by atoms with Crippen molar-refractivity contribution in [2.75, 3.05) is 7.05 Å². The first-order valence-electron chi connectivity index (χ1n) is 2.40. The summed E-state index contributed by atoms with van der Waals surface area (Å²) in [5, 5.41) is 1.47. The zero-order valence-electron chi connectivity index (χ0n) is 4.90. The molecule has 0 saturated heterocycles. The van der Waals surface area contributed by atoms with Gasteiger partial charge in [-0.3, -0.25) is 0 Å². The summed E-state index contributed by atoms with van der Waals surface area (Å²) in [6, 6.07) is 0. The minimum absolute atomic E-state index is 0.148. The van der Waals surface area contributed by atoms with E-state index in [-0.39, 0.29) is 9.72 Å². The highest BCUT2D eigenvalue weighted by molar-refractivity contribution is 8.16. The Bertz CT molecular complexity index is 189. The highest BCUT2D eigenvalue weighted by atomic mass is 32.2. The van der Waals surface area contributed by atoms with Crippen LogP contribution in [0, 0.1) is 0 Å². The summed E-state index contributed by atoms with van der Waals surface area (Å²) in [6.45, 7) is 0. The number of rotatable bonds is 1. The molecule has 0 N–H and O–H groups in total. The molecule has 4 heteroatoms. The van der Waals surface area contributed by atoms with Gasteiger partial charge in [0.15, 0.2) is 0 Å². The van der Waals surface area contributed by atoms with E-state index in [9.17, 15) is 9.59 Å². The van der Waals surface area contributed by atoms with Crippen molar-refractivity contribution in [3.8, 4) is 0 Å². The molecule has 0 aromatic rings. The van der Waals surface area contributed by atoms with Gasteiger partial charge in [-0.25, -0.2) is 9.59 Å². The summed E-state index contributed by atoms with van der Waals surface area (Å²) >= 11 is 1.05. The molecule has 0 aromatic carbocycles. The van der Waals surface area contributed by atoms with Crippen molar-refractivity contribution in [1.82, 2.24) is 0 Å². The predicted octanol–water partition coefficient (Wildman–Crippen LogP) is 0.927. The zero-order valence-corrected chi connectivity index (χ0v) is 5.72. The molecule has 2 amide bonds. The summed E-state index contributed by atoms with van der Waals surface area (Å²) in [6.07, 6.45) is 2.17. The predicted molar refractivity (Wildman–Crippen MR) is 34.4 cm³/mol. The van der Waals surface area contributed by atoms with E-state index in [2.05, 4.69) is 0 Å². The van der Waals surface area contributed by atoms with Gasteiger partial charge in [0, 0.05) is 17.2 Å². The Hall–Kier alpha value is -0.610. The smallest absolute Gasteiger partial charge is 0.233 e. The molecule has 1 heterocycles. The van der Waals surface area contributed by atoms with Crippen LogP contribution in [0.2, 0.25) is 0 Å². The van der Waals surface area contributed by atoms with Gasteiger partial charge in [0.05, 0.1) is 7.05 Å². The summed E-state index contributed by atoms with van der Waals surface area (Å²) in [7, 11) is 1.55. The molecule has 1 aliphatic heterocycles. The molecule has 0 fully saturated rings. The van der Waals surface area contributed by atoms with Crippen molar-refractivity contribution in [3.05, 3.63) is 11.6 Å². The molecular formula is C5H6NO2S+. The van der Waals surface area contributed by atoms with Crippen LogP contribution in [-0.2, 0) is 4.79 Å². The van der Waals surface area contributed by atoms with E-state index in [1.54, 1.807) is 18.7 Å². The molecule has 0 bridgehead atoms. The van der Waals surface area contributed by atoms with Crippen LogP contribution in [0.15, 0.2) is 11.6 Å². The first kappa shape index (κ1) is 6.51. The van der Waals surface area contributed by atoms with Crippen LogP contribution in [-0.4, -0.2) is 23.2 Å². The third kappa shape index (κ3) is 0.906. The van der Waals surface area contributed by atoms with Gasteiger partial charge < -0.3 is 0 Å². The van der Waals surface area contributed by atoms with Crippen molar-refractivity contribution in [1.29, 1.82) is 0 Å². The normalized spacial score (nSPS) is 33.2. The maximum atomic E-state index is 10.8. The highest BCUT2D eigenvalue weighted by Crippen LogP contribution is 2.23. The van der Waals surface area contributed by atoms with Crippen molar-refractivity contribution in [3.63, 3.8) is 0 Å². The average Bonchev–Trinajstić information content (AvgIpc) is 2.15. The first-order chi connectivity index (χ1) is 4.19. The van der Waals surface area contributed by atoms with Gasteiger partial charge in [-0.05, 0) is 0 Å². The van der Waals surface area contributed by atoms with E-state index in [1.807, 2.05) is 0 Å². The lowest BCUT2D eigenvalue weighted by molar-refractivity contribution is -0.674. The van der Waals surface area contributed by atoms with E-state index in [4.69, 9.17) is 0 Å². The Balaban J connectivity index is 2.90. The third-order valence-corrected chi connectivity index (χ3v) is 2.00. The fourth-order valence-corrected chi connectivity index (χ4v) is 1.23. The third-order valence-electron chi connectivity index (χ3n) is 1.15. The zero-order chi connectivity index (χ0) is 6.91. The number of hydrogen-bond donors (Lipinski definition) is 0. The van der Waals surface area contributed by atoms with E-state index in [0.717, 1.165) is 11.8 Å². The summed E-state index contributed by atoms with van der Waals surface area (Å²) in [5.74, 6) is 0. The summed E-state index contributed by atoms with van der Waals surface area (Å²) in [4.78, 5) is 21.0. The van der Waals surface area contributed by atoms with Crippen LogP contribution in [0.1, 0.15) is 0 Å². The van der Waals surface area contributed by atoms with Crippen molar-refractivity contribution >= 4 is 23.4 Å². The largest absolute Gasteiger partial charge is 0.391 e. The Morgan fingerprint density at radius 2 is 2.44 bits per heavy atom. The summed E-state index contributed by atoms with van der Waals surface area (Å²) in [5.41, 5.74) is 0. The molecule has 0 aliphatic carbocycles. The van der Waals surface area contributed by atoms with Crippen LogP contribution in [0.3, 0.4) is 0 Å². The number of thioether (sulfide) groups is 1. The SMILES string of the molecule is C[N+]1(C=O)C=CSC1=O. The minimum Gasteiger partial charge on any atom is -0.233 e.